The molecular formula is C16H18ClN5O. The van der Waals surface area contributed by atoms with Crippen LogP contribution in [0.1, 0.15) is 29.3 Å². The van der Waals surface area contributed by atoms with E-state index in [9.17, 15) is 5.26 Å². The Hall–Kier alpha value is -1.94. The van der Waals surface area contributed by atoms with Gasteiger partial charge in [0.2, 0.25) is 0 Å². The van der Waals surface area contributed by atoms with Crippen LogP contribution in [0.15, 0.2) is 24.5 Å². The largest absolute Gasteiger partial charge is 0.376 e. The molecule has 1 aromatic carbocycles. The minimum atomic E-state index is 0.0748. The predicted octanol–water partition coefficient (Wildman–Crippen LogP) is 2.33. The van der Waals surface area contributed by atoms with Crippen LogP contribution in [0.3, 0.4) is 0 Å². The Kier molecular flexibility index (Phi) is 4.91. The first kappa shape index (κ1) is 15.9. The minimum absolute atomic E-state index is 0.0748. The highest BCUT2D eigenvalue weighted by atomic mass is 35.5. The smallest absolute Gasteiger partial charge is 0.137 e. The molecule has 0 spiro atoms. The van der Waals surface area contributed by atoms with Gasteiger partial charge in [-0.3, -0.25) is 10.00 Å². The summed E-state index contributed by atoms with van der Waals surface area (Å²) in [6, 6.07) is 7.62. The number of ether oxygens (including phenoxy) is 1. The van der Waals surface area contributed by atoms with E-state index in [1.165, 1.54) is 6.33 Å². The summed E-state index contributed by atoms with van der Waals surface area (Å²) in [6.45, 7) is 2.16. The number of halogens is 1. The Morgan fingerprint density at radius 3 is 3.13 bits per heavy atom. The molecule has 2 atom stereocenters. The Labute approximate surface area is 140 Å². The Morgan fingerprint density at radius 2 is 2.39 bits per heavy atom. The fraction of sp³-hybridized carbons (Fsp3) is 0.438. The van der Waals surface area contributed by atoms with Gasteiger partial charge >= 0.3 is 0 Å². The highest BCUT2D eigenvalue weighted by Crippen LogP contribution is 2.29. The number of nitrogens with zero attached hydrogens (tertiary/aromatic N) is 4. The lowest BCUT2D eigenvalue weighted by atomic mass is 10.00. The van der Waals surface area contributed by atoms with Crippen molar-refractivity contribution < 1.29 is 4.74 Å². The Morgan fingerprint density at radius 1 is 1.52 bits per heavy atom. The van der Waals surface area contributed by atoms with E-state index in [0.29, 0.717) is 17.1 Å². The second kappa shape index (κ2) is 7.09. The van der Waals surface area contributed by atoms with Crippen molar-refractivity contribution in [3.05, 3.63) is 46.5 Å². The zero-order chi connectivity index (χ0) is 16.2. The minimum Gasteiger partial charge on any atom is -0.376 e. The summed E-state index contributed by atoms with van der Waals surface area (Å²) in [7, 11) is 2.02. The van der Waals surface area contributed by atoms with Gasteiger partial charge in [0, 0.05) is 30.6 Å². The molecule has 6 nitrogen and oxygen atoms in total. The molecule has 1 aromatic heterocycles. The molecule has 1 fully saturated rings. The van der Waals surface area contributed by atoms with E-state index < -0.39 is 0 Å². The van der Waals surface area contributed by atoms with E-state index in [0.717, 1.165) is 31.0 Å². The highest BCUT2D eigenvalue weighted by Gasteiger charge is 2.32. The van der Waals surface area contributed by atoms with E-state index in [1.54, 1.807) is 6.07 Å². The van der Waals surface area contributed by atoms with Crippen LogP contribution < -0.4 is 0 Å². The predicted molar refractivity (Wildman–Crippen MR) is 86.0 cm³/mol. The number of H-pyrrole nitrogens is 1. The molecule has 1 N–H and O–H groups in total. The molecule has 120 valence electrons. The third-order valence-electron chi connectivity index (χ3n) is 4.12. The van der Waals surface area contributed by atoms with Crippen LogP contribution in [0, 0.1) is 11.3 Å². The first-order valence-corrected chi connectivity index (χ1v) is 7.89. The van der Waals surface area contributed by atoms with Crippen LogP contribution in [0.25, 0.3) is 0 Å². The Balaban J connectivity index is 1.65. The van der Waals surface area contributed by atoms with Crippen molar-refractivity contribution in [1.82, 2.24) is 20.1 Å². The number of nitrogens with one attached hydrogen (secondary N) is 1. The van der Waals surface area contributed by atoms with E-state index in [-0.39, 0.29) is 12.0 Å². The molecule has 1 saturated heterocycles. The van der Waals surface area contributed by atoms with Gasteiger partial charge in [0.25, 0.3) is 0 Å². The third-order valence-corrected chi connectivity index (χ3v) is 4.35. The standard InChI is InChI=1S/C16H18ClN5O/c1-22(8-11-2-3-13(17)6-12(11)7-18)9-15-14(4-5-23-15)16-19-10-20-21-16/h2-3,6,10,14-15H,4-5,8-9H2,1H3,(H,19,20,21)/t14-,15-/m1/s1. The second-order valence-electron chi connectivity index (χ2n) is 5.79. The zero-order valence-electron chi connectivity index (χ0n) is 12.9. The number of aromatic amines is 1. The third kappa shape index (κ3) is 3.70. The number of likely N-dealkylation sites (N-methyl/N-ethyl adjacent to an activating group) is 1. The van der Waals surface area contributed by atoms with Crippen molar-refractivity contribution in [2.24, 2.45) is 0 Å². The molecule has 7 heteroatoms. The molecule has 3 rings (SSSR count). The summed E-state index contributed by atoms with van der Waals surface area (Å²) in [5, 5.41) is 16.7. The van der Waals surface area contributed by atoms with Gasteiger partial charge in [-0.1, -0.05) is 17.7 Å². The molecule has 0 amide bonds. The zero-order valence-corrected chi connectivity index (χ0v) is 13.6. The first-order chi connectivity index (χ1) is 11.2. The van der Waals surface area contributed by atoms with Crippen molar-refractivity contribution in [3.8, 4) is 6.07 Å². The van der Waals surface area contributed by atoms with E-state index in [1.807, 2.05) is 19.2 Å². The van der Waals surface area contributed by atoms with Crippen LogP contribution in [-0.2, 0) is 11.3 Å². The molecule has 0 bridgehead atoms. The lowest BCUT2D eigenvalue weighted by Crippen LogP contribution is -2.32. The highest BCUT2D eigenvalue weighted by molar-refractivity contribution is 6.30. The van der Waals surface area contributed by atoms with Gasteiger partial charge in [-0.2, -0.15) is 10.4 Å². The monoisotopic (exact) mass is 331 g/mol. The fourth-order valence-corrected chi connectivity index (χ4v) is 3.16. The number of hydrogen-bond donors (Lipinski definition) is 1. The van der Waals surface area contributed by atoms with Crippen molar-refractivity contribution >= 4 is 11.6 Å². The molecule has 2 heterocycles. The average Bonchev–Trinajstić information content (AvgIpc) is 3.19. The maximum atomic E-state index is 9.24. The summed E-state index contributed by atoms with van der Waals surface area (Å²) in [6.07, 6.45) is 2.55. The molecule has 1 aliphatic heterocycles. The molecule has 23 heavy (non-hydrogen) atoms. The maximum Gasteiger partial charge on any atom is 0.137 e. The normalized spacial score (nSPS) is 20.8. The summed E-state index contributed by atoms with van der Waals surface area (Å²) < 4.78 is 5.86. The van der Waals surface area contributed by atoms with Gasteiger partial charge in [0.1, 0.15) is 12.2 Å². The van der Waals surface area contributed by atoms with Gasteiger partial charge < -0.3 is 4.74 Å². The van der Waals surface area contributed by atoms with E-state index in [4.69, 9.17) is 16.3 Å². The van der Waals surface area contributed by atoms with Crippen LogP contribution in [0.2, 0.25) is 5.02 Å². The number of nitriles is 1. The number of rotatable bonds is 5. The van der Waals surface area contributed by atoms with Crippen molar-refractivity contribution in [2.75, 3.05) is 20.2 Å². The van der Waals surface area contributed by atoms with E-state index >= 15 is 0 Å². The van der Waals surface area contributed by atoms with Crippen LogP contribution in [0.5, 0.6) is 0 Å². The van der Waals surface area contributed by atoms with Gasteiger partial charge in [0.05, 0.1) is 17.7 Å². The van der Waals surface area contributed by atoms with Crippen LogP contribution in [-0.4, -0.2) is 46.4 Å². The van der Waals surface area contributed by atoms with Crippen molar-refractivity contribution in [1.29, 1.82) is 5.26 Å². The number of benzene rings is 1. The van der Waals surface area contributed by atoms with Crippen LogP contribution >= 0.6 is 11.6 Å². The summed E-state index contributed by atoms with van der Waals surface area (Å²) in [4.78, 5) is 6.41. The molecule has 2 aromatic rings. The molecule has 1 aliphatic rings. The molecule has 0 radical (unpaired) electrons. The summed E-state index contributed by atoms with van der Waals surface area (Å²) in [5.74, 6) is 1.12. The van der Waals surface area contributed by atoms with Crippen LogP contribution in [0.4, 0.5) is 0 Å². The molecule has 0 aliphatic carbocycles. The molecule has 0 saturated carbocycles. The quantitative estimate of drug-likeness (QED) is 0.909. The van der Waals surface area contributed by atoms with Crippen molar-refractivity contribution in [2.45, 2.75) is 25.0 Å². The molecule has 0 unspecified atom stereocenters. The summed E-state index contributed by atoms with van der Waals surface area (Å²) in [5.41, 5.74) is 1.58. The fourth-order valence-electron chi connectivity index (χ4n) is 2.99. The van der Waals surface area contributed by atoms with E-state index in [2.05, 4.69) is 26.2 Å². The first-order valence-electron chi connectivity index (χ1n) is 7.51. The maximum absolute atomic E-state index is 9.24. The lowest BCUT2D eigenvalue weighted by Gasteiger charge is -2.24. The SMILES string of the molecule is CN(Cc1ccc(Cl)cc1C#N)C[C@H]1OCC[C@H]1c1ncn[nH]1. The van der Waals surface area contributed by atoms with Gasteiger partial charge in [-0.15, -0.1) is 0 Å². The average molecular weight is 332 g/mol. The Bertz CT molecular complexity index is 697. The van der Waals surface area contributed by atoms with Gasteiger partial charge in [0.15, 0.2) is 0 Å². The van der Waals surface area contributed by atoms with Gasteiger partial charge in [-0.25, -0.2) is 4.98 Å². The number of hydrogen-bond acceptors (Lipinski definition) is 5. The van der Waals surface area contributed by atoms with Crippen molar-refractivity contribution in [3.63, 3.8) is 0 Å². The topological polar surface area (TPSA) is 77.8 Å². The lowest BCUT2D eigenvalue weighted by molar-refractivity contribution is 0.0711. The molecular weight excluding hydrogens is 314 g/mol. The summed E-state index contributed by atoms with van der Waals surface area (Å²) >= 11 is 5.94. The number of aromatic nitrogens is 3. The second-order valence-corrected chi connectivity index (χ2v) is 6.22. The van der Waals surface area contributed by atoms with Gasteiger partial charge in [-0.05, 0) is 31.2 Å².